The molecule has 1 amide bonds. The van der Waals surface area contributed by atoms with Gasteiger partial charge in [0.15, 0.2) is 0 Å². The molecule has 0 aliphatic rings. The van der Waals surface area contributed by atoms with Crippen LogP contribution in [0.2, 0.25) is 0 Å². The molecule has 0 atom stereocenters. The first-order valence-electron chi connectivity index (χ1n) is 6.26. The Morgan fingerprint density at radius 3 is 3.05 bits per heavy atom. The number of rotatable bonds is 9. The van der Waals surface area contributed by atoms with Gasteiger partial charge in [0.05, 0.1) is 25.4 Å². The second-order valence-electron chi connectivity index (χ2n) is 4.05. The summed E-state index contributed by atoms with van der Waals surface area (Å²) >= 11 is 0. The SMILES string of the molecule is C=CCNCC(=O)N(CCOC)Cc1ccccn1. The molecular formula is C14H21N3O2. The first-order chi connectivity index (χ1) is 9.27. The van der Waals surface area contributed by atoms with Crippen molar-refractivity contribution in [3.8, 4) is 0 Å². The van der Waals surface area contributed by atoms with Gasteiger partial charge < -0.3 is 15.0 Å². The predicted molar refractivity (Wildman–Crippen MR) is 74.6 cm³/mol. The van der Waals surface area contributed by atoms with Crippen LogP contribution in [0.1, 0.15) is 5.69 Å². The minimum atomic E-state index is 0.0320. The Kier molecular flexibility index (Phi) is 7.46. The van der Waals surface area contributed by atoms with Crippen molar-refractivity contribution in [2.24, 2.45) is 0 Å². The number of carbonyl (C=O) groups excluding carboxylic acids is 1. The van der Waals surface area contributed by atoms with Gasteiger partial charge in [0.2, 0.25) is 5.91 Å². The van der Waals surface area contributed by atoms with E-state index < -0.39 is 0 Å². The van der Waals surface area contributed by atoms with Gasteiger partial charge >= 0.3 is 0 Å². The van der Waals surface area contributed by atoms with Crippen LogP contribution in [0.4, 0.5) is 0 Å². The molecule has 0 saturated carbocycles. The largest absolute Gasteiger partial charge is 0.383 e. The first kappa shape index (κ1) is 15.3. The Morgan fingerprint density at radius 2 is 2.42 bits per heavy atom. The summed E-state index contributed by atoms with van der Waals surface area (Å²) < 4.78 is 5.03. The van der Waals surface area contributed by atoms with Gasteiger partial charge in [-0.25, -0.2) is 0 Å². The van der Waals surface area contributed by atoms with Crippen molar-refractivity contribution in [3.63, 3.8) is 0 Å². The molecule has 0 aliphatic carbocycles. The van der Waals surface area contributed by atoms with Gasteiger partial charge in [-0.15, -0.1) is 6.58 Å². The summed E-state index contributed by atoms with van der Waals surface area (Å²) in [5, 5.41) is 3.01. The fraction of sp³-hybridized carbons (Fsp3) is 0.429. The molecule has 0 aromatic carbocycles. The van der Waals surface area contributed by atoms with Crippen molar-refractivity contribution in [2.45, 2.75) is 6.54 Å². The van der Waals surface area contributed by atoms with Gasteiger partial charge in [-0.2, -0.15) is 0 Å². The van der Waals surface area contributed by atoms with Crippen molar-refractivity contribution in [2.75, 3.05) is 33.4 Å². The number of pyridine rings is 1. The van der Waals surface area contributed by atoms with Gasteiger partial charge in [0.1, 0.15) is 0 Å². The topological polar surface area (TPSA) is 54.5 Å². The van der Waals surface area contributed by atoms with E-state index in [1.54, 1.807) is 24.3 Å². The number of ether oxygens (including phenoxy) is 1. The van der Waals surface area contributed by atoms with Gasteiger partial charge in [0.25, 0.3) is 0 Å². The first-order valence-corrected chi connectivity index (χ1v) is 6.26. The van der Waals surface area contributed by atoms with E-state index in [0.29, 0.717) is 32.8 Å². The number of amides is 1. The average Bonchev–Trinajstić information content (AvgIpc) is 2.44. The van der Waals surface area contributed by atoms with Gasteiger partial charge in [-0.3, -0.25) is 9.78 Å². The summed E-state index contributed by atoms with van der Waals surface area (Å²) in [7, 11) is 1.62. The van der Waals surface area contributed by atoms with Crippen molar-refractivity contribution in [1.82, 2.24) is 15.2 Å². The highest BCUT2D eigenvalue weighted by atomic mass is 16.5. The zero-order chi connectivity index (χ0) is 13.9. The van der Waals surface area contributed by atoms with Crippen LogP contribution in [0, 0.1) is 0 Å². The third kappa shape index (κ3) is 6.13. The highest BCUT2D eigenvalue weighted by molar-refractivity contribution is 5.78. The van der Waals surface area contributed by atoms with Crippen LogP contribution in [0.3, 0.4) is 0 Å². The van der Waals surface area contributed by atoms with Gasteiger partial charge in [-0.1, -0.05) is 12.1 Å². The van der Waals surface area contributed by atoms with Crippen LogP contribution in [0.5, 0.6) is 0 Å². The van der Waals surface area contributed by atoms with Crippen LogP contribution in [0.15, 0.2) is 37.1 Å². The van der Waals surface area contributed by atoms with E-state index in [-0.39, 0.29) is 5.91 Å². The number of hydrogen-bond acceptors (Lipinski definition) is 4. The normalized spacial score (nSPS) is 10.2. The molecule has 0 saturated heterocycles. The maximum atomic E-state index is 12.1. The Morgan fingerprint density at radius 1 is 1.58 bits per heavy atom. The number of nitrogens with zero attached hydrogens (tertiary/aromatic N) is 2. The summed E-state index contributed by atoms with van der Waals surface area (Å²) in [4.78, 5) is 18.0. The second kappa shape index (κ2) is 9.24. The quantitative estimate of drug-likeness (QED) is 0.530. The summed E-state index contributed by atoms with van der Waals surface area (Å²) in [6.45, 7) is 6.08. The monoisotopic (exact) mass is 263 g/mol. The summed E-state index contributed by atoms with van der Waals surface area (Å²) in [6, 6.07) is 5.68. The van der Waals surface area contributed by atoms with Crippen molar-refractivity contribution in [1.29, 1.82) is 0 Å². The molecule has 5 nitrogen and oxygen atoms in total. The van der Waals surface area contributed by atoms with Crippen molar-refractivity contribution >= 4 is 5.91 Å². The van der Waals surface area contributed by atoms with Crippen molar-refractivity contribution in [3.05, 3.63) is 42.7 Å². The van der Waals surface area contributed by atoms with E-state index in [1.807, 2.05) is 18.2 Å². The summed E-state index contributed by atoms with van der Waals surface area (Å²) in [5.74, 6) is 0.0320. The maximum Gasteiger partial charge on any atom is 0.236 e. The molecule has 104 valence electrons. The smallest absolute Gasteiger partial charge is 0.236 e. The second-order valence-corrected chi connectivity index (χ2v) is 4.05. The lowest BCUT2D eigenvalue weighted by Gasteiger charge is -2.22. The van der Waals surface area contributed by atoms with Crippen LogP contribution in [0.25, 0.3) is 0 Å². The molecule has 1 aromatic rings. The fourth-order valence-electron chi connectivity index (χ4n) is 1.57. The van der Waals surface area contributed by atoms with E-state index in [2.05, 4.69) is 16.9 Å². The van der Waals surface area contributed by atoms with Gasteiger partial charge in [-0.05, 0) is 12.1 Å². The lowest BCUT2D eigenvalue weighted by atomic mass is 10.3. The van der Waals surface area contributed by atoms with E-state index in [1.165, 1.54) is 0 Å². The van der Waals surface area contributed by atoms with Crippen LogP contribution < -0.4 is 5.32 Å². The zero-order valence-corrected chi connectivity index (χ0v) is 11.3. The third-order valence-electron chi connectivity index (χ3n) is 2.56. The van der Waals surface area contributed by atoms with E-state index >= 15 is 0 Å². The van der Waals surface area contributed by atoms with E-state index in [4.69, 9.17) is 4.74 Å². The highest BCUT2D eigenvalue weighted by Crippen LogP contribution is 2.01. The molecule has 5 heteroatoms. The molecule has 0 fully saturated rings. The zero-order valence-electron chi connectivity index (χ0n) is 11.3. The Bertz CT molecular complexity index is 382. The van der Waals surface area contributed by atoms with Gasteiger partial charge in [0, 0.05) is 26.4 Å². The Balaban J connectivity index is 2.55. The number of nitrogens with one attached hydrogen (secondary N) is 1. The number of carbonyl (C=O) groups is 1. The molecule has 0 bridgehead atoms. The molecule has 19 heavy (non-hydrogen) atoms. The average molecular weight is 263 g/mol. The lowest BCUT2D eigenvalue weighted by Crippen LogP contribution is -2.39. The lowest BCUT2D eigenvalue weighted by molar-refractivity contribution is -0.131. The highest BCUT2D eigenvalue weighted by Gasteiger charge is 2.13. The number of methoxy groups -OCH3 is 1. The number of aromatic nitrogens is 1. The minimum Gasteiger partial charge on any atom is -0.383 e. The number of hydrogen-bond donors (Lipinski definition) is 1. The van der Waals surface area contributed by atoms with E-state index in [0.717, 1.165) is 5.69 Å². The van der Waals surface area contributed by atoms with Crippen LogP contribution in [-0.4, -0.2) is 49.1 Å². The maximum absolute atomic E-state index is 12.1. The predicted octanol–water partition coefficient (Wildman–Crippen LogP) is 0.832. The van der Waals surface area contributed by atoms with E-state index in [9.17, 15) is 4.79 Å². The molecule has 0 aliphatic heterocycles. The third-order valence-corrected chi connectivity index (χ3v) is 2.56. The molecule has 1 aromatic heterocycles. The molecule has 0 unspecified atom stereocenters. The van der Waals surface area contributed by atoms with Crippen molar-refractivity contribution < 1.29 is 9.53 Å². The molecular weight excluding hydrogens is 242 g/mol. The van der Waals surface area contributed by atoms with Crippen LogP contribution in [-0.2, 0) is 16.1 Å². The molecule has 0 radical (unpaired) electrons. The minimum absolute atomic E-state index is 0.0320. The molecule has 1 N–H and O–H groups in total. The Labute approximate surface area is 114 Å². The summed E-state index contributed by atoms with van der Waals surface area (Å²) in [5.41, 5.74) is 0.871. The summed E-state index contributed by atoms with van der Waals surface area (Å²) in [6.07, 6.45) is 3.45. The molecule has 1 heterocycles. The molecule has 1 rings (SSSR count). The fourth-order valence-corrected chi connectivity index (χ4v) is 1.57. The standard InChI is InChI=1S/C14H21N3O2/c1-3-7-15-11-14(18)17(9-10-19-2)12-13-6-4-5-8-16-13/h3-6,8,15H,1,7,9-12H2,2H3. The Hall–Kier alpha value is -1.72. The molecule has 0 spiro atoms. The van der Waals surface area contributed by atoms with Crippen LogP contribution >= 0.6 is 0 Å².